The highest BCUT2D eigenvalue weighted by molar-refractivity contribution is 5.96. The molecule has 1 saturated heterocycles. The van der Waals surface area contributed by atoms with E-state index >= 15 is 0 Å². The molecule has 10 heteroatoms. The van der Waals surface area contributed by atoms with Crippen LogP contribution in [-0.4, -0.2) is 65.1 Å². The molecule has 2 aromatic carbocycles. The van der Waals surface area contributed by atoms with Crippen molar-refractivity contribution in [1.82, 2.24) is 14.4 Å². The number of halogens is 1. The van der Waals surface area contributed by atoms with Gasteiger partial charge in [0.2, 0.25) is 12.7 Å². The number of benzene rings is 2. The maximum absolute atomic E-state index is 13.1. The van der Waals surface area contributed by atoms with Crippen LogP contribution in [0.1, 0.15) is 20.8 Å². The van der Waals surface area contributed by atoms with E-state index in [4.69, 9.17) is 9.47 Å². The molecule has 3 amide bonds. The number of carbonyl (C=O) groups excluding carboxylic acids is 3. The van der Waals surface area contributed by atoms with Gasteiger partial charge in [0.15, 0.2) is 11.5 Å². The van der Waals surface area contributed by atoms with E-state index in [1.807, 2.05) is 0 Å². The Morgan fingerprint density at radius 1 is 0.857 bits per heavy atom. The molecule has 0 unspecified atom stereocenters. The first-order valence-electron chi connectivity index (χ1n) is 11.2. The number of hydrogen-bond acceptors (Lipinski definition) is 5. The number of carbonyl (C=O) groups is 3. The zero-order valence-corrected chi connectivity index (χ0v) is 18.8. The number of amides is 3. The topological polar surface area (TPSA) is 93.1 Å². The summed E-state index contributed by atoms with van der Waals surface area (Å²) in [6, 6.07) is 13.9. The predicted molar refractivity (Wildman–Crippen MR) is 124 cm³/mol. The van der Waals surface area contributed by atoms with Crippen LogP contribution in [0.2, 0.25) is 0 Å². The number of fused-ring (bicyclic) bond motifs is 1. The van der Waals surface area contributed by atoms with E-state index in [9.17, 15) is 18.8 Å². The normalized spacial score (nSPS) is 14.7. The van der Waals surface area contributed by atoms with Gasteiger partial charge in [0, 0.05) is 49.7 Å². The van der Waals surface area contributed by atoms with Gasteiger partial charge in [-0.2, -0.15) is 0 Å². The summed E-state index contributed by atoms with van der Waals surface area (Å²) in [5.74, 6) is 0.103. The maximum Gasteiger partial charge on any atom is 0.270 e. The molecular formula is C25H23FN4O5. The lowest BCUT2D eigenvalue weighted by Crippen LogP contribution is -2.51. The third kappa shape index (κ3) is 4.81. The third-order valence-electron chi connectivity index (χ3n) is 5.96. The Balaban J connectivity index is 1.18. The molecule has 1 fully saturated rings. The summed E-state index contributed by atoms with van der Waals surface area (Å²) in [7, 11) is 0. The Labute approximate surface area is 200 Å². The fraction of sp³-hybridized carbons (Fsp3) is 0.240. The van der Waals surface area contributed by atoms with E-state index in [0.29, 0.717) is 54.6 Å². The minimum absolute atomic E-state index is 0.0362. The van der Waals surface area contributed by atoms with E-state index < -0.39 is 5.82 Å². The highest BCUT2D eigenvalue weighted by atomic mass is 19.1. The highest BCUT2D eigenvalue weighted by Crippen LogP contribution is 2.34. The molecule has 9 nitrogen and oxygen atoms in total. The molecule has 0 saturated carbocycles. The lowest BCUT2D eigenvalue weighted by molar-refractivity contribution is -0.116. The Bertz CT molecular complexity index is 1270. The van der Waals surface area contributed by atoms with Crippen molar-refractivity contribution in [2.24, 2.45) is 0 Å². The molecule has 35 heavy (non-hydrogen) atoms. The van der Waals surface area contributed by atoms with Crippen LogP contribution in [0.3, 0.4) is 0 Å². The fourth-order valence-electron chi connectivity index (χ4n) is 4.13. The van der Waals surface area contributed by atoms with Crippen molar-refractivity contribution in [2.45, 2.75) is 6.54 Å². The predicted octanol–water partition coefficient (Wildman–Crippen LogP) is 2.59. The van der Waals surface area contributed by atoms with E-state index in [1.54, 1.807) is 50.9 Å². The minimum atomic E-state index is -0.399. The number of nitrogens with one attached hydrogen (secondary N) is 1. The lowest BCUT2D eigenvalue weighted by Gasteiger charge is -2.35. The van der Waals surface area contributed by atoms with Gasteiger partial charge in [-0.25, -0.2) is 4.39 Å². The summed E-state index contributed by atoms with van der Waals surface area (Å²) in [5.41, 5.74) is 1.37. The van der Waals surface area contributed by atoms with Crippen LogP contribution in [-0.2, 0) is 11.3 Å². The Morgan fingerprint density at radius 2 is 1.54 bits per heavy atom. The van der Waals surface area contributed by atoms with Crippen LogP contribution in [0.25, 0.3) is 0 Å². The van der Waals surface area contributed by atoms with Crippen molar-refractivity contribution in [2.75, 3.05) is 38.3 Å². The Kier molecular flexibility index (Phi) is 6.09. The summed E-state index contributed by atoms with van der Waals surface area (Å²) in [5, 5.41) is 2.81. The van der Waals surface area contributed by atoms with Crippen molar-refractivity contribution in [3.63, 3.8) is 0 Å². The highest BCUT2D eigenvalue weighted by Gasteiger charge is 2.27. The summed E-state index contributed by atoms with van der Waals surface area (Å²) >= 11 is 0. The van der Waals surface area contributed by atoms with Crippen molar-refractivity contribution in [1.29, 1.82) is 0 Å². The van der Waals surface area contributed by atoms with Gasteiger partial charge in [-0.1, -0.05) is 0 Å². The molecule has 3 heterocycles. The second-order valence-corrected chi connectivity index (χ2v) is 8.23. The van der Waals surface area contributed by atoms with Gasteiger partial charge in [-0.05, 0) is 48.5 Å². The van der Waals surface area contributed by atoms with E-state index in [2.05, 4.69) is 5.32 Å². The molecule has 0 spiro atoms. The van der Waals surface area contributed by atoms with Gasteiger partial charge >= 0.3 is 0 Å². The largest absolute Gasteiger partial charge is 0.454 e. The van der Waals surface area contributed by atoms with Gasteiger partial charge in [0.05, 0.1) is 0 Å². The average Bonchev–Trinajstić information content (AvgIpc) is 3.53. The average molecular weight is 478 g/mol. The van der Waals surface area contributed by atoms with Gasteiger partial charge in [0.25, 0.3) is 11.8 Å². The second kappa shape index (κ2) is 9.49. The number of ether oxygens (including phenoxy) is 2. The summed E-state index contributed by atoms with van der Waals surface area (Å²) in [6.07, 6.45) is 1.68. The quantitative estimate of drug-likeness (QED) is 0.609. The Hall–Kier alpha value is -4.34. The van der Waals surface area contributed by atoms with E-state index in [1.165, 1.54) is 24.3 Å². The second-order valence-electron chi connectivity index (χ2n) is 8.23. The zero-order chi connectivity index (χ0) is 24.4. The number of rotatable bonds is 5. The van der Waals surface area contributed by atoms with Crippen molar-refractivity contribution in [3.8, 4) is 11.5 Å². The number of piperazine rings is 1. The molecule has 2 aliphatic rings. The van der Waals surface area contributed by atoms with Crippen LogP contribution < -0.4 is 14.8 Å². The fourth-order valence-corrected chi connectivity index (χ4v) is 4.13. The molecule has 3 aromatic rings. The number of hydrogen-bond donors (Lipinski definition) is 1. The Morgan fingerprint density at radius 3 is 2.29 bits per heavy atom. The first kappa shape index (κ1) is 22.5. The minimum Gasteiger partial charge on any atom is -0.454 e. The number of aromatic nitrogens is 1. The zero-order valence-electron chi connectivity index (χ0n) is 18.8. The molecule has 180 valence electrons. The molecular weight excluding hydrogens is 455 g/mol. The van der Waals surface area contributed by atoms with Crippen LogP contribution in [0.5, 0.6) is 11.5 Å². The third-order valence-corrected chi connectivity index (χ3v) is 5.96. The molecule has 0 bridgehead atoms. The maximum atomic E-state index is 13.1. The summed E-state index contributed by atoms with van der Waals surface area (Å²) in [4.78, 5) is 41.7. The van der Waals surface area contributed by atoms with Gasteiger partial charge in [-0.15, -0.1) is 0 Å². The molecule has 5 rings (SSSR count). The molecule has 0 atom stereocenters. The molecule has 0 radical (unpaired) electrons. The molecule has 2 aliphatic heterocycles. The van der Waals surface area contributed by atoms with Crippen LogP contribution in [0.4, 0.5) is 10.1 Å². The van der Waals surface area contributed by atoms with Gasteiger partial charge in [-0.3, -0.25) is 14.4 Å². The lowest BCUT2D eigenvalue weighted by atomic mass is 10.1. The molecule has 1 aromatic heterocycles. The van der Waals surface area contributed by atoms with Crippen molar-refractivity contribution < 1.29 is 28.2 Å². The monoisotopic (exact) mass is 478 g/mol. The van der Waals surface area contributed by atoms with Crippen LogP contribution in [0.15, 0.2) is 60.8 Å². The summed E-state index contributed by atoms with van der Waals surface area (Å²) in [6.45, 7) is 1.57. The SMILES string of the molecule is O=C(Cn1cccc1C(=O)N1CCN(C(=O)c2ccc(F)cc2)CC1)Nc1ccc2c(c1)OCO2. The first-order chi connectivity index (χ1) is 17.0. The standard InChI is InChI=1S/C25H23FN4O5/c26-18-5-3-17(4-6-18)24(32)28-10-12-29(13-11-28)25(33)20-2-1-9-30(20)15-23(31)27-19-7-8-21-22(14-19)35-16-34-21/h1-9,14H,10-13,15-16H2,(H,27,31). The smallest absolute Gasteiger partial charge is 0.270 e. The van der Waals surface area contributed by atoms with Gasteiger partial charge in [0.1, 0.15) is 18.1 Å². The van der Waals surface area contributed by atoms with E-state index in [0.717, 1.165) is 0 Å². The van der Waals surface area contributed by atoms with Crippen molar-refractivity contribution in [3.05, 3.63) is 77.9 Å². The van der Waals surface area contributed by atoms with Crippen LogP contribution >= 0.6 is 0 Å². The molecule has 1 N–H and O–H groups in total. The van der Waals surface area contributed by atoms with Gasteiger partial charge < -0.3 is 29.2 Å². The number of anilines is 1. The molecule has 0 aliphatic carbocycles. The van der Waals surface area contributed by atoms with Crippen LogP contribution in [0, 0.1) is 5.82 Å². The van der Waals surface area contributed by atoms with Crippen molar-refractivity contribution >= 4 is 23.4 Å². The number of nitrogens with zero attached hydrogens (tertiary/aromatic N) is 3. The first-order valence-corrected chi connectivity index (χ1v) is 11.2. The van der Waals surface area contributed by atoms with E-state index in [-0.39, 0.29) is 31.1 Å². The summed E-state index contributed by atoms with van der Waals surface area (Å²) < 4.78 is 25.3.